The number of furan rings is 1. The lowest BCUT2D eigenvalue weighted by Crippen LogP contribution is -2.13. The van der Waals surface area contributed by atoms with Gasteiger partial charge in [-0.25, -0.2) is 0 Å². The van der Waals surface area contributed by atoms with E-state index in [0.29, 0.717) is 27.6 Å². The first-order valence-corrected chi connectivity index (χ1v) is 9.17. The van der Waals surface area contributed by atoms with Gasteiger partial charge in [0.2, 0.25) is 0 Å². The predicted octanol–water partition coefficient (Wildman–Crippen LogP) is 5.01. The van der Waals surface area contributed by atoms with Crippen molar-refractivity contribution >= 4 is 40.3 Å². The van der Waals surface area contributed by atoms with Crippen molar-refractivity contribution in [2.24, 2.45) is 0 Å². The highest BCUT2D eigenvalue weighted by Gasteiger charge is 2.11. The minimum atomic E-state index is -0.498. The SMILES string of the molecule is N#C/C(=C\c1ccc(I)o1)C(=O)Nc1ccc(OCc2ccccc2)cc1. The summed E-state index contributed by atoms with van der Waals surface area (Å²) in [6.07, 6.45) is 1.41. The first-order chi connectivity index (χ1) is 13.1. The number of hydrogen-bond donors (Lipinski definition) is 1. The summed E-state index contributed by atoms with van der Waals surface area (Å²) in [5.41, 5.74) is 1.61. The summed E-state index contributed by atoms with van der Waals surface area (Å²) in [6.45, 7) is 0.468. The molecule has 1 amide bonds. The van der Waals surface area contributed by atoms with Crippen LogP contribution in [0.3, 0.4) is 0 Å². The fourth-order valence-corrected chi connectivity index (χ4v) is 2.70. The van der Waals surface area contributed by atoms with E-state index in [1.165, 1.54) is 6.08 Å². The molecule has 0 aliphatic heterocycles. The second-order valence-corrected chi connectivity index (χ2v) is 6.63. The van der Waals surface area contributed by atoms with Crippen LogP contribution in [-0.4, -0.2) is 5.91 Å². The molecule has 0 aliphatic carbocycles. The summed E-state index contributed by atoms with van der Waals surface area (Å²) in [5.74, 6) is 0.649. The molecule has 5 nitrogen and oxygen atoms in total. The largest absolute Gasteiger partial charge is 0.489 e. The molecular weight excluding hydrogens is 455 g/mol. The second-order valence-electron chi connectivity index (χ2n) is 5.56. The Morgan fingerprint density at radius 2 is 1.85 bits per heavy atom. The molecule has 0 radical (unpaired) electrons. The smallest absolute Gasteiger partial charge is 0.266 e. The molecule has 0 aliphatic rings. The molecule has 6 heteroatoms. The van der Waals surface area contributed by atoms with Gasteiger partial charge in [-0.3, -0.25) is 4.79 Å². The van der Waals surface area contributed by atoms with Crippen LogP contribution >= 0.6 is 22.6 Å². The number of anilines is 1. The Bertz CT molecular complexity index is 986. The van der Waals surface area contributed by atoms with Crippen molar-refractivity contribution in [1.82, 2.24) is 0 Å². The van der Waals surface area contributed by atoms with Crippen LogP contribution in [0.25, 0.3) is 6.08 Å². The standard InChI is InChI=1S/C21H15IN2O3/c22-20-11-10-19(27-20)12-16(13-23)21(25)24-17-6-8-18(9-7-17)26-14-15-4-2-1-3-5-15/h1-12H,14H2,(H,24,25)/b16-12+. The van der Waals surface area contributed by atoms with E-state index < -0.39 is 5.91 Å². The average Bonchev–Trinajstić information content (AvgIpc) is 3.11. The van der Waals surface area contributed by atoms with Gasteiger partial charge >= 0.3 is 0 Å². The van der Waals surface area contributed by atoms with Crippen LogP contribution in [0.1, 0.15) is 11.3 Å². The van der Waals surface area contributed by atoms with Crippen LogP contribution in [-0.2, 0) is 11.4 Å². The number of ether oxygens (including phenoxy) is 1. The third kappa shape index (κ3) is 5.46. The van der Waals surface area contributed by atoms with Crippen molar-refractivity contribution in [2.45, 2.75) is 6.61 Å². The molecule has 3 aromatic rings. The Labute approximate surface area is 170 Å². The minimum absolute atomic E-state index is 0.0369. The highest BCUT2D eigenvalue weighted by Crippen LogP contribution is 2.19. The first kappa shape index (κ1) is 18.7. The number of nitrogens with one attached hydrogen (secondary N) is 1. The Morgan fingerprint density at radius 1 is 1.11 bits per heavy atom. The maximum Gasteiger partial charge on any atom is 0.266 e. The van der Waals surface area contributed by atoms with Crippen LogP contribution in [0.4, 0.5) is 5.69 Å². The van der Waals surface area contributed by atoms with Gasteiger partial charge in [-0.1, -0.05) is 30.3 Å². The third-order valence-electron chi connectivity index (χ3n) is 3.61. The van der Waals surface area contributed by atoms with E-state index in [4.69, 9.17) is 9.15 Å². The molecule has 0 spiro atoms. The number of hydrogen-bond acceptors (Lipinski definition) is 4. The van der Waals surface area contributed by atoms with E-state index >= 15 is 0 Å². The number of nitrogens with zero attached hydrogens (tertiary/aromatic N) is 1. The van der Waals surface area contributed by atoms with Crippen LogP contribution < -0.4 is 10.1 Å². The Hall–Kier alpha value is -3.05. The zero-order valence-electron chi connectivity index (χ0n) is 14.2. The zero-order chi connectivity index (χ0) is 19.1. The monoisotopic (exact) mass is 470 g/mol. The van der Waals surface area contributed by atoms with Crippen molar-refractivity contribution < 1.29 is 13.9 Å². The van der Waals surface area contributed by atoms with Crippen molar-refractivity contribution in [3.05, 3.63) is 87.4 Å². The number of carbonyl (C=O) groups is 1. The van der Waals surface area contributed by atoms with Crippen LogP contribution in [0, 0.1) is 15.1 Å². The number of carbonyl (C=O) groups excluding carboxylic acids is 1. The van der Waals surface area contributed by atoms with E-state index in [2.05, 4.69) is 5.32 Å². The summed E-state index contributed by atoms with van der Waals surface area (Å²) in [5, 5.41) is 11.9. The molecule has 0 unspecified atom stereocenters. The molecule has 0 fully saturated rings. The van der Waals surface area contributed by atoms with Gasteiger partial charge in [0, 0.05) is 11.8 Å². The Kier molecular flexibility index (Phi) is 6.28. The highest BCUT2D eigenvalue weighted by molar-refractivity contribution is 14.1. The summed E-state index contributed by atoms with van der Waals surface area (Å²) in [4.78, 5) is 12.3. The number of rotatable bonds is 6. The normalized spacial score (nSPS) is 10.9. The predicted molar refractivity (Wildman–Crippen MR) is 111 cm³/mol. The van der Waals surface area contributed by atoms with E-state index in [1.807, 2.05) is 59.0 Å². The number of halogens is 1. The summed E-state index contributed by atoms with van der Waals surface area (Å²) in [6, 6.07) is 22.2. The first-order valence-electron chi connectivity index (χ1n) is 8.09. The van der Waals surface area contributed by atoms with E-state index in [0.717, 1.165) is 5.56 Å². The van der Waals surface area contributed by atoms with Crippen LogP contribution in [0.2, 0.25) is 0 Å². The molecular formula is C21H15IN2O3. The van der Waals surface area contributed by atoms with Crippen molar-refractivity contribution in [3.8, 4) is 11.8 Å². The molecule has 1 aromatic heterocycles. The fourth-order valence-electron chi connectivity index (χ4n) is 2.27. The lowest BCUT2D eigenvalue weighted by Gasteiger charge is -2.08. The highest BCUT2D eigenvalue weighted by atomic mass is 127. The molecule has 27 heavy (non-hydrogen) atoms. The van der Waals surface area contributed by atoms with Gasteiger partial charge in [0.25, 0.3) is 5.91 Å². The van der Waals surface area contributed by atoms with E-state index in [9.17, 15) is 10.1 Å². The Morgan fingerprint density at radius 3 is 2.48 bits per heavy atom. The van der Waals surface area contributed by atoms with Crippen molar-refractivity contribution in [2.75, 3.05) is 5.32 Å². The quantitative estimate of drug-likeness (QED) is 0.312. The molecule has 1 N–H and O–H groups in total. The molecule has 1 heterocycles. The van der Waals surface area contributed by atoms with E-state index in [1.54, 1.807) is 36.4 Å². The van der Waals surface area contributed by atoms with E-state index in [-0.39, 0.29) is 5.57 Å². The van der Waals surface area contributed by atoms with Crippen LogP contribution in [0.15, 0.2) is 76.7 Å². The molecule has 3 rings (SSSR count). The van der Waals surface area contributed by atoms with Gasteiger partial charge in [-0.15, -0.1) is 0 Å². The zero-order valence-corrected chi connectivity index (χ0v) is 16.3. The molecule has 2 aromatic carbocycles. The van der Waals surface area contributed by atoms with Crippen LogP contribution in [0.5, 0.6) is 5.75 Å². The number of amides is 1. The van der Waals surface area contributed by atoms with Crippen molar-refractivity contribution in [1.29, 1.82) is 5.26 Å². The number of benzene rings is 2. The molecule has 0 bridgehead atoms. The molecule has 0 atom stereocenters. The van der Waals surface area contributed by atoms with Gasteiger partial charge < -0.3 is 14.5 Å². The summed E-state index contributed by atoms with van der Waals surface area (Å²) in [7, 11) is 0. The topological polar surface area (TPSA) is 75.3 Å². The van der Waals surface area contributed by atoms with Crippen molar-refractivity contribution in [3.63, 3.8) is 0 Å². The maximum atomic E-state index is 12.3. The summed E-state index contributed by atoms with van der Waals surface area (Å²) >= 11 is 2.02. The molecule has 134 valence electrons. The summed E-state index contributed by atoms with van der Waals surface area (Å²) < 4.78 is 11.8. The maximum absolute atomic E-state index is 12.3. The average molecular weight is 470 g/mol. The van der Waals surface area contributed by atoms with Gasteiger partial charge in [0.1, 0.15) is 29.8 Å². The molecule has 0 saturated heterocycles. The lowest BCUT2D eigenvalue weighted by molar-refractivity contribution is -0.112. The number of nitriles is 1. The van der Waals surface area contributed by atoms with Gasteiger partial charge in [-0.2, -0.15) is 5.26 Å². The Balaban J connectivity index is 1.61. The molecule has 0 saturated carbocycles. The lowest BCUT2D eigenvalue weighted by atomic mass is 10.2. The second kappa shape index (κ2) is 9.05. The van der Waals surface area contributed by atoms with Gasteiger partial charge in [0.15, 0.2) is 3.77 Å². The minimum Gasteiger partial charge on any atom is -0.489 e. The van der Waals surface area contributed by atoms with Gasteiger partial charge in [-0.05, 0) is 64.6 Å². The third-order valence-corrected chi connectivity index (χ3v) is 4.19. The van der Waals surface area contributed by atoms with Gasteiger partial charge in [0.05, 0.1) is 0 Å². The fraction of sp³-hybridized carbons (Fsp3) is 0.0476.